The third-order valence-corrected chi connectivity index (χ3v) is 11.0. The Balaban J connectivity index is 1.64. The molecule has 73 heavy (non-hydrogen) atoms. The molecule has 0 N–H and O–H groups in total. The first-order valence-corrected chi connectivity index (χ1v) is 23.1. The van der Waals surface area contributed by atoms with Gasteiger partial charge >= 0.3 is 47.8 Å². The maximum atomic E-state index is 12.9. The lowest BCUT2D eigenvalue weighted by molar-refractivity contribution is -0.373. The van der Waals surface area contributed by atoms with E-state index in [0.717, 1.165) is 55.4 Å². The molecule has 3 aliphatic rings. The summed E-state index contributed by atoms with van der Waals surface area (Å²) in [6, 6.07) is 17.9. The molecule has 2 aromatic carbocycles. The second-order valence-electron chi connectivity index (χ2n) is 16.9. The predicted octanol–water partition coefficient (Wildman–Crippen LogP) is 2.10. The van der Waals surface area contributed by atoms with Crippen LogP contribution >= 0.6 is 0 Å². The Morgan fingerprint density at radius 2 is 0.726 bits per heavy atom. The first-order valence-electron chi connectivity index (χ1n) is 23.1. The quantitative estimate of drug-likeness (QED) is 0.121. The predicted molar refractivity (Wildman–Crippen MR) is 240 cm³/mol. The highest BCUT2D eigenvalue weighted by Crippen LogP contribution is 2.37. The average Bonchev–Trinajstić information content (AvgIpc) is 3.31. The minimum absolute atomic E-state index is 0.0650. The van der Waals surface area contributed by atoms with Gasteiger partial charge in [0.2, 0.25) is 0 Å². The van der Waals surface area contributed by atoms with Gasteiger partial charge in [-0.05, 0) is 11.1 Å². The fourth-order valence-corrected chi connectivity index (χ4v) is 8.23. The summed E-state index contributed by atoms with van der Waals surface area (Å²) in [4.78, 5) is 100. The molecule has 0 aliphatic carbocycles. The van der Waals surface area contributed by atoms with Crippen molar-refractivity contribution in [1.82, 2.24) is 0 Å². The molecule has 3 fully saturated rings. The van der Waals surface area contributed by atoms with E-state index in [2.05, 4.69) is 0 Å². The van der Waals surface area contributed by atoms with Crippen molar-refractivity contribution in [3.05, 3.63) is 71.8 Å². The lowest BCUT2D eigenvalue weighted by Gasteiger charge is -2.49. The van der Waals surface area contributed by atoms with Crippen molar-refractivity contribution in [3.63, 3.8) is 0 Å². The Labute approximate surface area is 420 Å². The molecule has 3 aliphatic heterocycles. The molecule has 0 bridgehead atoms. The molecule has 402 valence electrons. The van der Waals surface area contributed by atoms with Crippen LogP contribution in [-0.4, -0.2) is 167 Å². The second kappa shape index (κ2) is 27.8. The summed E-state index contributed by atoms with van der Waals surface area (Å²) in [6.07, 6.45) is -22.5. The molecule has 24 heteroatoms. The number of hydrogen-bond acceptors (Lipinski definition) is 24. The number of carbonyl (C=O) groups is 8. The fraction of sp³-hybridized carbons (Fsp3) is 0.592. The van der Waals surface area contributed by atoms with Crippen molar-refractivity contribution in [2.75, 3.05) is 26.9 Å². The largest absolute Gasteiger partial charge is 0.463 e. The highest BCUT2D eigenvalue weighted by atomic mass is 16.8. The maximum absolute atomic E-state index is 12.9. The Bertz CT molecular complexity index is 2170. The van der Waals surface area contributed by atoms with Crippen LogP contribution in [-0.2, 0) is 127 Å². The lowest BCUT2D eigenvalue weighted by atomic mass is 9.95. The maximum Gasteiger partial charge on any atom is 0.303 e. The minimum Gasteiger partial charge on any atom is -0.463 e. The number of esters is 8. The number of hydrogen-bond donors (Lipinski definition) is 0. The monoisotopic (exact) mass is 1030 g/mol. The molecule has 2 aromatic rings. The van der Waals surface area contributed by atoms with Gasteiger partial charge in [0.1, 0.15) is 49.8 Å². The molecule has 0 unspecified atom stereocenters. The molecular formula is C49H62O24. The van der Waals surface area contributed by atoms with Gasteiger partial charge in [0.15, 0.2) is 55.5 Å². The number of rotatable bonds is 22. The van der Waals surface area contributed by atoms with E-state index in [1.165, 1.54) is 7.11 Å². The van der Waals surface area contributed by atoms with Crippen LogP contribution in [0, 0.1) is 0 Å². The van der Waals surface area contributed by atoms with Crippen LogP contribution in [0.2, 0.25) is 0 Å². The average molecular weight is 1040 g/mol. The molecule has 5 rings (SSSR count). The molecule has 0 amide bonds. The van der Waals surface area contributed by atoms with Gasteiger partial charge in [-0.3, -0.25) is 38.4 Å². The van der Waals surface area contributed by atoms with Crippen LogP contribution in [0.5, 0.6) is 0 Å². The highest BCUT2D eigenvalue weighted by Gasteiger charge is 2.58. The van der Waals surface area contributed by atoms with Crippen molar-refractivity contribution in [1.29, 1.82) is 0 Å². The molecular weight excluding hydrogens is 973 g/mol. The summed E-state index contributed by atoms with van der Waals surface area (Å²) >= 11 is 0. The van der Waals surface area contributed by atoms with E-state index in [9.17, 15) is 38.4 Å². The van der Waals surface area contributed by atoms with Crippen LogP contribution in [0.15, 0.2) is 60.7 Å². The van der Waals surface area contributed by atoms with Crippen LogP contribution in [0.4, 0.5) is 0 Å². The van der Waals surface area contributed by atoms with Crippen molar-refractivity contribution in [2.24, 2.45) is 0 Å². The highest BCUT2D eigenvalue weighted by molar-refractivity contribution is 5.70. The van der Waals surface area contributed by atoms with Gasteiger partial charge < -0.3 is 75.8 Å². The van der Waals surface area contributed by atoms with E-state index < -0.39 is 160 Å². The topological polar surface area (TPSA) is 284 Å². The third-order valence-electron chi connectivity index (χ3n) is 11.0. The van der Waals surface area contributed by atoms with E-state index in [1.807, 2.05) is 6.07 Å². The first kappa shape index (κ1) is 57.8. The summed E-state index contributed by atoms with van der Waals surface area (Å²) in [5.41, 5.74) is 1.38. The van der Waals surface area contributed by atoms with Gasteiger partial charge in [-0.25, -0.2) is 0 Å². The fourth-order valence-electron chi connectivity index (χ4n) is 8.23. The van der Waals surface area contributed by atoms with Crippen molar-refractivity contribution >= 4 is 47.8 Å². The first-order chi connectivity index (χ1) is 34.7. The number of carbonyl (C=O) groups excluding carboxylic acids is 8. The smallest absolute Gasteiger partial charge is 0.303 e. The third kappa shape index (κ3) is 17.2. The number of methoxy groups -OCH3 is 1. The van der Waals surface area contributed by atoms with E-state index >= 15 is 0 Å². The summed E-state index contributed by atoms with van der Waals surface area (Å²) in [6.45, 7) is 6.84. The van der Waals surface area contributed by atoms with Gasteiger partial charge in [-0.2, -0.15) is 0 Å². The van der Waals surface area contributed by atoms with Gasteiger partial charge in [-0.15, -0.1) is 0 Å². The van der Waals surface area contributed by atoms with Gasteiger partial charge in [0.05, 0.1) is 19.8 Å². The number of benzene rings is 2. The Kier molecular flexibility index (Phi) is 22.0. The van der Waals surface area contributed by atoms with Crippen LogP contribution in [0.25, 0.3) is 0 Å². The number of ether oxygens (including phenoxy) is 16. The Morgan fingerprint density at radius 1 is 0.370 bits per heavy atom. The van der Waals surface area contributed by atoms with Crippen molar-refractivity contribution in [2.45, 2.75) is 161 Å². The van der Waals surface area contributed by atoms with E-state index in [1.54, 1.807) is 54.6 Å². The zero-order valence-electron chi connectivity index (χ0n) is 41.8. The molecule has 3 saturated heterocycles. The van der Waals surface area contributed by atoms with E-state index in [4.69, 9.17) is 75.8 Å². The molecule has 15 atom stereocenters. The van der Waals surface area contributed by atoms with Crippen molar-refractivity contribution < 1.29 is 114 Å². The summed E-state index contributed by atoms with van der Waals surface area (Å²) in [5.74, 6) is -6.71. The van der Waals surface area contributed by atoms with Gasteiger partial charge in [0.25, 0.3) is 0 Å². The summed E-state index contributed by atoms with van der Waals surface area (Å²) in [5, 5.41) is 0. The molecule has 24 nitrogen and oxygen atoms in total. The molecule has 0 aromatic heterocycles. The van der Waals surface area contributed by atoms with Crippen LogP contribution in [0.1, 0.15) is 66.5 Å². The second-order valence-corrected chi connectivity index (χ2v) is 16.9. The summed E-state index contributed by atoms with van der Waals surface area (Å²) in [7, 11) is 1.32. The van der Waals surface area contributed by atoms with Gasteiger partial charge in [0, 0.05) is 62.5 Å². The van der Waals surface area contributed by atoms with Crippen LogP contribution < -0.4 is 0 Å². The zero-order valence-corrected chi connectivity index (χ0v) is 41.8. The normalized spacial score (nSPS) is 29.8. The molecule has 0 saturated carbocycles. The van der Waals surface area contributed by atoms with Crippen LogP contribution in [0.3, 0.4) is 0 Å². The molecule has 0 radical (unpaired) electrons. The van der Waals surface area contributed by atoms with Gasteiger partial charge in [-0.1, -0.05) is 60.7 Å². The zero-order chi connectivity index (χ0) is 53.4. The van der Waals surface area contributed by atoms with Crippen molar-refractivity contribution in [3.8, 4) is 0 Å². The van der Waals surface area contributed by atoms with E-state index in [0.29, 0.717) is 11.1 Å². The Hall–Kier alpha value is -6.12. The summed E-state index contributed by atoms with van der Waals surface area (Å²) < 4.78 is 95.9. The standard InChI is InChI=1S/C49H62O24/c1-25(50)59-22-36-39(64-27(3)52)42(66-29(5)54)45(68-31(7)56)48(71-36)63-24-35-38(61-20-33-16-12-10-13-17-33)41(44(47(58-9)70-35)62-21-34-18-14-11-15-19-34)73-49-46(69-32(8)57)43(67-30(6)55)40(65-28(4)53)37(72-49)23-60-26(2)51/h10-19,35-49H,20-24H2,1-9H3/t35-,36-,37-,38-,39-,40-,41+,42+,43+,44+,45+,46+,47+,48+,49-/m1/s1. The minimum atomic E-state index is -1.77. The lowest BCUT2D eigenvalue weighted by Crippen LogP contribution is -2.67. The molecule has 0 spiro atoms. The molecule has 3 heterocycles. The SMILES string of the molecule is CO[C@H]1O[C@H](CO[C@H]2O[C@H](COC(C)=O)[C@@H](OC(C)=O)[C@H](OC(C)=O)[C@@H]2OC(C)=O)[C@@H](OCc2ccccc2)[C@H](O[C@H]2O[C@H](COC(C)=O)[C@@H](OC(C)=O)[C@H](OC(C)=O)[C@@H]2OC(C)=O)[C@@H]1OCc1ccccc1. The van der Waals surface area contributed by atoms with E-state index in [-0.39, 0.29) is 13.2 Å². The Morgan fingerprint density at radius 3 is 1.14 bits per heavy atom.